The number of aromatic hydroxyl groups is 1. The van der Waals surface area contributed by atoms with Gasteiger partial charge in [-0.05, 0) is 133 Å². The molecule has 0 radical (unpaired) electrons. The number of aliphatic hydroxyl groups is 3. The van der Waals surface area contributed by atoms with Crippen LogP contribution in [-0.2, 0) is 27.0 Å². The second-order valence-corrected chi connectivity index (χ2v) is 19.4. The Labute approximate surface area is 380 Å². The number of allylic oxidation sites excluding steroid dienone is 1. The van der Waals surface area contributed by atoms with Gasteiger partial charge in [0, 0.05) is 49.4 Å². The maximum atomic E-state index is 14.0. The quantitative estimate of drug-likeness (QED) is 0.0482. The van der Waals surface area contributed by atoms with Gasteiger partial charge in [0.2, 0.25) is 5.72 Å². The van der Waals surface area contributed by atoms with Crippen LogP contribution in [0.5, 0.6) is 11.5 Å². The van der Waals surface area contributed by atoms with Gasteiger partial charge in [0.25, 0.3) is 0 Å². The van der Waals surface area contributed by atoms with Crippen LogP contribution in [0.3, 0.4) is 0 Å². The number of aliphatic imine (C=N–C) groups is 1. The molecule has 1 fully saturated rings. The Balaban J connectivity index is 0.00000561. The first kappa shape index (κ1) is 45.6. The fraction of sp³-hybridized carbons (Fsp3) is 0.511. The smallest absolute Gasteiger partial charge is 0.748 e. The number of hydrogen-bond donors (Lipinski definition) is 6. The molecule has 5 heterocycles. The Bertz CT molecular complexity index is 2310. The van der Waals surface area contributed by atoms with Gasteiger partial charge in [-0.15, -0.1) is 0 Å². The zero-order valence-electron chi connectivity index (χ0n) is 34.9. The van der Waals surface area contributed by atoms with E-state index in [2.05, 4.69) is 18.8 Å². The molecule has 3 aromatic carbocycles. The molecule has 3 aromatic rings. The predicted molar refractivity (Wildman–Crippen MR) is 226 cm³/mol. The predicted octanol–water partition coefficient (Wildman–Crippen LogP) is 2.20. The molecule has 320 valence electrons. The Morgan fingerprint density at radius 3 is 2.51 bits per heavy atom. The third-order valence-corrected chi connectivity index (χ3v) is 15.2. The first-order valence-corrected chi connectivity index (χ1v) is 22.7. The molecule has 14 heteroatoms. The van der Waals surface area contributed by atoms with E-state index in [1.165, 1.54) is 0 Å². The van der Waals surface area contributed by atoms with Crippen LogP contribution in [0.1, 0.15) is 110 Å². The van der Waals surface area contributed by atoms with Crippen molar-refractivity contribution in [3.8, 4) is 23.3 Å². The number of aryl methyl sites for hydroxylation is 1. The van der Waals surface area contributed by atoms with Crippen LogP contribution in [0.15, 0.2) is 77.3 Å². The van der Waals surface area contributed by atoms with E-state index in [4.69, 9.17) is 25.9 Å². The molecule has 7 aliphatic rings. The molecule has 0 aromatic heterocycles. The first-order chi connectivity index (χ1) is 28.8. The summed E-state index contributed by atoms with van der Waals surface area (Å²) in [6.07, 6.45) is 5.21. The van der Waals surface area contributed by atoms with Crippen LogP contribution < -0.4 is 45.8 Å². The molecular formula is C47H56N3NaO9S. The Kier molecular flexibility index (Phi) is 14.0. The zero-order chi connectivity index (χ0) is 42.3. The van der Waals surface area contributed by atoms with Crippen LogP contribution in [-0.4, -0.2) is 70.5 Å². The van der Waals surface area contributed by atoms with Gasteiger partial charge in [-0.3, -0.25) is 0 Å². The number of rotatable bonds is 8. The first-order valence-electron chi connectivity index (χ1n) is 21.3. The molecule has 0 unspecified atom stereocenters. The average Bonchev–Trinajstić information content (AvgIpc) is 3.34. The Morgan fingerprint density at radius 1 is 1.03 bits per heavy atom. The van der Waals surface area contributed by atoms with Gasteiger partial charge in [-0.1, -0.05) is 61.2 Å². The van der Waals surface area contributed by atoms with Crippen LogP contribution >= 0.6 is 0 Å². The van der Waals surface area contributed by atoms with Gasteiger partial charge >= 0.3 is 29.6 Å². The normalized spacial score (nSPS) is 30.8. The monoisotopic (exact) mass is 861 g/mol. The third-order valence-electron chi connectivity index (χ3n) is 13.9. The second-order valence-electron chi connectivity index (χ2n) is 17.8. The number of nitrogens with two attached hydrogens (primary N) is 2. The van der Waals surface area contributed by atoms with Gasteiger partial charge in [-0.25, -0.2) is 13.4 Å². The standard InChI is InChI=1S/C47H57N3O9S.Na/c1-27-5-6-32-20-37-12-14-39(32)41(27)23-43(60(55,56)57)42-22-34-18-33(21-38-17-28(25-52)3-2-4-31-19-36(54)11-13-40(31)45(34)58-38)44(42)30-7-9-35(10-8-30)47(59-37,50-46(48)49)24-29(26-53)15-16-51;/h7-14,19-20,22,27-29,33,38,41-45,51-54H,3,5-6,15-18,21,23-26H2,1H3,(H4,48,49,50)(H,55,56,57);/q;+1/p-1/t27-,28+,29-,33-,38-,41+,42-,43-,44+,45-,47-;/m1./s1. The average molecular weight is 862 g/mol. The minimum Gasteiger partial charge on any atom is -0.748 e. The number of benzene rings is 3. The fourth-order valence-corrected chi connectivity index (χ4v) is 12.1. The second kappa shape index (κ2) is 18.7. The maximum absolute atomic E-state index is 14.0. The number of nitrogens with zero attached hydrogens (tertiary/aromatic N) is 1. The van der Waals surface area contributed by atoms with Crippen molar-refractivity contribution in [3.63, 3.8) is 0 Å². The van der Waals surface area contributed by atoms with Crippen LogP contribution in [0.4, 0.5) is 0 Å². The van der Waals surface area contributed by atoms with Crippen molar-refractivity contribution < 1.29 is 72.4 Å². The topological polar surface area (TPSA) is 221 Å². The van der Waals surface area contributed by atoms with E-state index in [0.29, 0.717) is 42.6 Å². The number of guanidine groups is 1. The summed E-state index contributed by atoms with van der Waals surface area (Å²) in [6.45, 7) is 1.64. The number of fused-ring (bicyclic) bond motifs is 9. The summed E-state index contributed by atoms with van der Waals surface area (Å²) < 4.78 is 55.8. The molecule has 12 nitrogen and oxygen atoms in total. The summed E-state index contributed by atoms with van der Waals surface area (Å²) in [7, 11) is -4.90. The number of hydrogen-bond acceptors (Lipinski definition) is 10. The molecule has 10 bridgehead atoms. The molecule has 61 heavy (non-hydrogen) atoms. The molecule has 1 saturated heterocycles. The molecule has 0 spiro atoms. The van der Waals surface area contributed by atoms with Crippen molar-refractivity contribution in [2.24, 2.45) is 46.0 Å². The van der Waals surface area contributed by atoms with Crippen molar-refractivity contribution in [2.75, 3.05) is 19.8 Å². The SMILES string of the molecule is C[C@@H]1CCc2cc3ccc2[C@H]1C[C@@H](S(=O)(=O)[O-])[C@H]1C=C2C[C@H](C[C@H]4C[C@@H](CO)CC#Cc5cc(O)ccc5[C@@H]2O4)[C@@H]1c1ccc(cc1)[C@](C[C@H](CO)CCO)(N=C(N)N)O3.[Na+]. The number of phenolic OH excluding ortho intramolecular Hbond substituents is 1. The van der Waals surface area contributed by atoms with Gasteiger partial charge in [0.15, 0.2) is 5.96 Å². The Morgan fingerprint density at radius 2 is 1.80 bits per heavy atom. The van der Waals surface area contributed by atoms with E-state index in [1.807, 2.05) is 54.6 Å². The van der Waals surface area contributed by atoms with Gasteiger partial charge in [-0.2, -0.15) is 0 Å². The minimum atomic E-state index is -4.90. The number of ether oxygens (including phenoxy) is 2. The van der Waals surface area contributed by atoms with Crippen molar-refractivity contribution in [1.82, 2.24) is 0 Å². The number of phenols is 1. The zero-order valence-corrected chi connectivity index (χ0v) is 37.8. The van der Waals surface area contributed by atoms with Gasteiger partial charge in [0.1, 0.15) is 17.6 Å². The summed E-state index contributed by atoms with van der Waals surface area (Å²) in [5.74, 6) is 4.72. The van der Waals surface area contributed by atoms with E-state index in [0.717, 1.165) is 40.7 Å². The van der Waals surface area contributed by atoms with E-state index < -0.39 is 45.0 Å². The van der Waals surface area contributed by atoms with Crippen molar-refractivity contribution in [2.45, 2.75) is 99.7 Å². The maximum Gasteiger partial charge on any atom is 1.00 e. The summed E-state index contributed by atoms with van der Waals surface area (Å²) >= 11 is 0. The fourth-order valence-electron chi connectivity index (χ4n) is 11.0. The van der Waals surface area contributed by atoms with Gasteiger partial charge < -0.3 is 45.9 Å². The molecule has 11 atom stereocenters. The van der Waals surface area contributed by atoms with Crippen LogP contribution in [0, 0.1) is 41.4 Å². The third kappa shape index (κ3) is 9.45. The van der Waals surface area contributed by atoms with E-state index in [9.17, 15) is 33.4 Å². The largest absolute Gasteiger partial charge is 1.00 e. The molecule has 0 saturated carbocycles. The Hall–Kier alpha value is -3.42. The van der Waals surface area contributed by atoms with Crippen molar-refractivity contribution >= 4 is 16.1 Å². The van der Waals surface area contributed by atoms with Crippen LogP contribution in [0.2, 0.25) is 0 Å². The number of aliphatic hydroxyl groups excluding tert-OH is 3. The van der Waals surface area contributed by atoms with Crippen molar-refractivity contribution in [3.05, 3.63) is 106 Å². The van der Waals surface area contributed by atoms with E-state index >= 15 is 0 Å². The summed E-state index contributed by atoms with van der Waals surface area (Å²) in [5.41, 5.74) is 16.4. The minimum absolute atomic E-state index is 0. The molecule has 8 N–H and O–H groups in total. The summed E-state index contributed by atoms with van der Waals surface area (Å²) in [6, 6.07) is 18.4. The molecule has 0 amide bonds. The molecule has 2 aliphatic carbocycles. The summed E-state index contributed by atoms with van der Waals surface area (Å²) in [5, 5.41) is 40.1. The van der Waals surface area contributed by atoms with Gasteiger partial charge in [0.05, 0.1) is 21.5 Å². The van der Waals surface area contributed by atoms with E-state index in [1.54, 1.807) is 12.1 Å². The molecule has 10 rings (SSSR count). The molecular weight excluding hydrogens is 806 g/mol. The summed E-state index contributed by atoms with van der Waals surface area (Å²) in [4.78, 5) is 4.73. The molecule has 5 aliphatic heterocycles. The van der Waals surface area contributed by atoms with Crippen molar-refractivity contribution in [1.29, 1.82) is 0 Å². The van der Waals surface area contributed by atoms with E-state index in [-0.39, 0.29) is 110 Å². The van der Waals surface area contributed by atoms with Crippen LogP contribution in [0.25, 0.3) is 0 Å².